The fourth-order valence-corrected chi connectivity index (χ4v) is 6.52. The number of benzene rings is 1. The van der Waals surface area contributed by atoms with Gasteiger partial charge in [0.05, 0.1) is 29.9 Å². The van der Waals surface area contributed by atoms with Crippen LogP contribution in [0, 0.1) is 23.2 Å². The Labute approximate surface area is 234 Å². The number of nitrogens with one attached hydrogen (secondary N) is 2. The molecule has 4 fully saturated rings. The van der Waals surface area contributed by atoms with Crippen LogP contribution in [0.3, 0.4) is 0 Å². The normalized spacial score (nSPS) is 28.7. The fourth-order valence-electron chi connectivity index (χ4n) is 6.52. The van der Waals surface area contributed by atoms with Gasteiger partial charge in [0, 0.05) is 0 Å². The predicted octanol–water partition coefficient (Wildman–Crippen LogP) is 4.89. The van der Waals surface area contributed by atoms with Crippen LogP contribution in [0.15, 0.2) is 30.3 Å². The lowest BCUT2D eigenvalue weighted by Gasteiger charge is -2.64. The summed E-state index contributed by atoms with van der Waals surface area (Å²) in [6, 6.07) is 8.48. The zero-order chi connectivity index (χ0) is 28.6. The van der Waals surface area contributed by atoms with Gasteiger partial charge >= 0.3 is 13.2 Å². The molecule has 1 aromatic rings. The molecular formula is C30H47BN2O6. The monoisotopic (exact) mass is 542 g/mol. The third kappa shape index (κ3) is 6.80. The van der Waals surface area contributed by atoms with Gasteiger partial charge in [-0.05, 0) is 75.7 Å². The maximum absolute atomic E-state index is 13.6. The van der Waals surface area contributed by atoms with Crippen molar-refractivity contribution in [1.82, 2.24) is 10.6 Å². The van der Waals surface area contributed by atoms with Gasteiger partial charge < -0.3 is 29.4 Å². The van der Waals surface area contributed by atoms with Crippen LogP contribution in [0.1, 0.15) is 80.2 Å². The van der Waals surface area contributed by atoms with Crippen molar-refractivity contribution in [3.05, 3.63) is 35.9 Å². The van der Waals surface area contributed by atoms with E-state index in [1.165, 1.54) is 6.42 Å². The molecule has 1 heterocycles. The Bertz CT molecular complexity index is 1010. The van der Waals surface area contributed by atoms with Crippen LogP contribution in [0.4, 0.5) is 4.79 Å². The molecule has 2 amide bonds. The van der Waals surface area contributed by atoms with Crippen molar-refractivity contribution in [2.45, 2.75) is 111 Å². The fraction of sp³-hybridized carbons (Fsp3) is 0.733. The summed E-state index contributed by atoms with van der Waals surface area (Å²) in [5.41, 5.74) is 0.251. The number of carbonyl (C=O) groups excluding carboxylic acids is 2. The van der Waals surface area contributed by atoms with E-state index in [2.05, 4.69) is 45.3 Å². The molecule has 0 aromatic heterocycles. The molecule has 39 heavy (non-hydrogen) atoms. The topological polar surface area (TPSA) is 95.1 Å². The summed E-state index contributed by atoms with van der Waals surface area (Å²) in [5.74, 6) is 0.670. The summed E-state index contributed by atoms with van der Waals surface area (Å²) in [6.45, 7) is 16.9. The molecule has 2 bridgehead atoms. The number of hydrogen-bond acceptors (Lipinski definition) is 6. The Morgan fingerprint density at radius 2 is 1.79 bits per heavy atom. The highest BCUT2D eigenvalue weighted by molar-refractivity contribution is 6.47. The van der Waals surface area contributed by atoms with Crippen molar-refractivity contribution in [3.63, 3.8) is 0 Å². The second kappa shape index (κ2) is 11.4. The van der Waals surface area contributed by atoms with E-state index >= 15 is 0 Å². The lowest BCUT2D eigenvalue weighted by atomic mass is 9.43. The number of ether oxygens (including phenoxy) is 2. The molecule has 4 aliphatic rings. The summed E-state index contributed by atoms with van der Waals surface area (Å²) >= 11 is 0. The van der Waals surface area contributed by atoms with Crippen LogP contribution in [0.25, 0.3) is 0 Å². The number of carbonyl (C=O) groups is 2. The van der Waals surface area contributed by atoms with Gasteiger partial charge in [-0.15, -0.1) is 0 Å². The van der Waals surface area contributed by atoms with E-state index in [9.17, 15) is 9.59 Å². The lowest BCUT2D eigenvalue weighted by Crippen LogP contribution is -2.65. The molecule has 5 rings (SSSR count). The zero-order valence-corrected chi connectivity index (χ0v) is 24.9. The van der Waals surface area contributed by atoms with E-state index in [0.717, 1.165) is 12.0 Å². The zero-order valence-electron chi connectivity index (χ0n) is 24.9. The standard InChI is InChI=1S/C30H47BN2O6/c1-19(2)14-25(31-38-24-16-21-15-23(29(21,6)7)30(24,8)39-31)33-26(34)22(18-37-28(3,4)5)32-27(35)36-17-20-12-10-9-11-13-20/h9-13,19,21-25H,14-18H2,1-8H3,(H,32,35)(H,33,34)/t21-,22-,23-,24+,25-,30-/m0/s1. The molecule has 1 saturated heterocycles. The summed E-state index contributed by atoms with van der Waals surface area (Å²) in [5, 5.41) is 5.85. The summed E-state index contributed by atoms with van der Waals surface area (Å²) < 4.78 is 24.5. The van der Waals surface area contributed by atoms with Gasteiger partial charge in [0.15, 0.2) is 0 Å². The highest BCUT2D eigenvalue weighted by Gasteiger charge is 2.68. The maximum Gasteiger partial charge on any atom is 0.481 e. The summed E-state index contributed by atoms with van der Waals surface area (Å²) in [7, 11) is -0.546. The molecule has 3 saturated carbocycles. The molecule has 8 nitrogen and oxygen atoms in total. The molecule has 1 aliphatic heterocycles. The van der Waals surface area contributed by atoms with Crippen molar-refractivity contribution in [3.8, 4) is 0 Å². The largest absolute Gasteiger partial charge is 0.481 e. The minimum Gasteiger partial charge on any atom is -0.445 e. The third-order valence-corrected chi connectivity index (χ3v) is 8.85. The molecule has 3 aliphatic carbocycles. The van der Waals surface area contributed by atoms with Crippen molar-refractivity contribution in [1.29, 1.82) is 0 Å². The number of rotatable bonds is 10. The minimum atomic E-state index is -0.937. The summed E-state index contributed by atoms with van der Waals surface area (Å²) in [4.78, 5) is 26.3. The van der Waals surface area contributed by atoms with Crippen molar-refractivity contribution >= 4 is 19.1 Å². The molecule has 0 spiro atoms. The van der Waals surface area contributed by atoms with E-state index in [0.29, 0.717) is 24.2 Å². The van der Waals surface area contributed by atoms with Crippen LogP contribution in [0.5, 0.6) is 0 Å². The van der Waals surface area contributed by atoms with E-state index in [1.807, 2.05) is 51.1 Å². The van der Waals surface area contributed by atoms with Gasteiger partial charge in [-0.1, -0.05) is 58.0 Å². The van der Waals surface area contributed by atoms with E-state index in [-0.39, 0.29) is 42.2 Å². The first kappa shape index (κ1) is 29.9. The molecule has 9 heteroatoms. The Balaban J connectivity index is 1.43. The van der Waals surface area contributed by atoms with E-state index < -0.39 is 24.9 Å². The highest BCUT2D eigenvalue weighted by atomic mass is 16.7. The van der Waals surface area contributed by atoms with E-state index in [1.54, 1.807) is 0 Å². The van der Waals surface area contributed by atoms with Gasteiger partial charge in [-0.2, -0.15) is 0 Å². The van der Waals surface area contributed by atoms with Gasteiger partial charge in [-0.3, -0.25) is 4.79 Å². The Morgan fingerprint density at radius 3 is 2.41 bits per heavy atom. The maximum atomic E-state index is 13.6. The van der Waals surface area contributed by atoms with Crippen LogP contribution in [-0.4, -0.2) is 55.0 Å². The molecular weight excluding hydrogens is 495 g/mol. The Hall–Kier alpha value is -2.10. The molecule has 0 unspecified atom stereocenters. The molecule has 216 valence electrons. The first-order valence-electron chi connectivity index (χ1n) is 14.4. The van der Waals surface area contributed by atoms with E-state index in [4.69, 9.17) is 18.8 Å². The molecule has 6 atom stereocenters. The van der Waals surface area contributed by atoms with Crippen LogP contribution in [0.2, 0.25) is 0 Å². The second-order valence-electron chi connectivity index (χ2n) is 13.8. The summed E-state index contributed by atoms with van der Waals surface area (Å²) in [6.07, 6.45) is 2.18. The molecule has 1 aromatic carbocycles. The van der Waals surface area contributed by atoms with Crippen molar-refractivity contribution in [2.24, 2.45) is 23.2 Å². The first-order valence-corrected chi connectivity index (χ1v) is 14.4. The van der Waals surface area contributed by atoms with Gasteiger partial charge in [0.25, 0.3) is 0 Å². The highest BCUT2D eigenvalue weighted by Crippen LogP contribution is 2.65. The predicted molar refractivity (Wildman–Crippen MR) is 151 cm³/mol. The van der Waals surface area contributed by atoms with Gasteiger partial charge in [0.2, 0.25) is 5.91 Å². The van der Waals surface area contributed by atoms with Crippen molar-refractivity contribution < 1.29 is 28.4 Å². The van der Waals surface area contributed by atoms with Crippen LogP contribution >= 0.6 is 0 Å². The first-order chi connectivity index (χ1) is 18.2. The third-order valence-electron chi connectivity index (χ3n) is 8.85. The molecule has 2 N–H and O–H groups in total. The van der Waals surface area contributed by atoms with Gasteiger partial charge in [0.1, 0.15) is 12.6 Å². The average molecular weight is 543 g/mol. The smallest absolute Gasteiger partial charge is 0.445 e. The number of hydrogen-bond donors (Lipinski definition) is 2. The van der Waals surface area contributed by atoms with Crippen LogP contribution < -0.4 is 10.6 Å². The quantitative estimate of drug-likeness (QED) is 0.409. The minimum absolute atomic E-state index is 0.00876. The van der Waals surface area contributed by atoms with Crippen LogP contribution in [-0.2, 0) is 30.2 Å². The average Bonchev–Trinajstić information content (AvgIpc) is 3.21. The van der Waals surface area contributed by atoms with Crippen molar-refractivity contribution in [2.75, 3.05) is 6.61 Å². The second-order valence-corrected chi connectivity index (χ2v) is 13.8. The van der Waals surface area contributed by atoms with Gasteiger partial charge in [-0.25, -0.2) is 4.79 Å². The SMILES string of the molecule is CC(C)C[C@H](NC(=O)[C@H](COC(C)(C)C)NC(=O)OCc1ccccc1)B1O[C@@H]2C[C@@H]3C[C@@H](C3(C)C)[C@]2(C)O1. The number of amides is 2. The number of alkyl carbamates (subject to hydrolysis) is 1. The Kier molecular flexibility index (Phi) is 8.74. The Morgan fingerprint density at radius 1 is 1.10 bits per heavy atom. The lowest BCUT2D eigenvalue weighted by molar-refractivity contribution is -0.199. The molecule has 0 radical (unpaired) electrons.